The number of carbonyl (C=O) groups excluding carboxylic acids is 2. The number of nitrogens with one attached hydrogen (secondary N) is 2. The van der Waals surface area contributed by atoms with Crippen LogP contribution in [0.15, 0.2) is 54.6 Å². The zero-order chi connectivity index (χ0) is 19.2. The summed E-state index contributed by atoms with van der Waals surface area (Å²) in [7, 11) is 0. The Labute approximate surface area is 147 Å². The van der Waals surface area contributed by atoms with E-state index in [4.69, 9.17) is 0 Å². The Morgan fingerprint density at radius 1 is 1.00 bits per heavy atom. The maximum atomic E-state index is 12.6. The molecule has 0 aromatic heterocycles. The second-order valence-electron chi connectivity index (χ2n) is 5.50. The molecule has 0 fully saturated rings. The number of hydrogen-bond acceptors (Lipinski definition) is 3. The first-order valence-corrected chi connectivity index (χ1v) is 7.77. The van der Waals surface area contributed by atoms with E-state index in [1.165, 1.54) is 6.07 Å². The molecule has 0 aliphatic rings. The van der Waals surface area contributed by atoms with Gasteiger partial charge in [-0.15, -0.1) is 0 Å². The second kappa shape index (κ2) is 8.48. The van der Waals surface area contributed by atoms with Gasteiger partial charge in [0.25, 0.3) is 0 Å². The molecule has 8 heteroatoms. The highest BCUT2D eigenvalue weighted by atomic mass is 19.4. The second-order valence-corrected chi connectivity index (χ2v) is 5.50. The minimum absolute atomic E-state index is 0.0326. The van der Waals surface area contributed by atoms with Gasteiger partial charge in [0, 0.05) is 12.2 Å². The topological polar surface area (TPSA) is 78.4 Å². The molecule has 0 heterocycles. The fraction of sp³-hybridized carbons (Fsp3) is 0.222. The third kappa shape index (κ3) is 5.59. The van der Waals surface area contributed by atoms with Crippen molar-refractivity contribution >= 4 is 17.5 Å². The van der Waals surface area contributed by atoms with E-state index in [1.54, 1.807) is 30.3 Å². The number of aliphatic hydroxyl groups is 1. The van der Waals surface area contributed by atoms with E-state index in [2.05, 4.69) is 10.6 Å². The molecule has 2 aromatic rings. The zero-order valence-electron chi connectivity index (χ0n) is 13.6. The first kappa shape index (κ1) is 19.5. The largest absolute Gasteiger partial charge is 0.416 e. The number of hydrogen-bond donors (Lipinski definition) is 3. The molecule has 0 saturated carbocycles. The molecule has 0 bridgehead atoms. The van der Waals surface area contributed by atoms with Gasteiger partial charge in [-0.1, -0.05) is 36.4 Å². The van der Waals surface area contributed by atoms with Crippen molar-refractivity contribution in [3.8, 4) is 0 Å². The molecule has 138 valence electrons. The standard InChI is InChI=1S/C18H17F3N2O3/c19-18(20,21)13-7-4-8-14(11-13)23-17(26)16(25)22-10-9-15(24)12-5-2-1-3-6-12/h1-8,11,15,24H,9-10H2,(H,22,25)(H,23,26)/t15-/m0/s1. The van der Waals surface area contributed by atoms with Crippen LogP contribution >= 0.6 is 0 Å². The number of anilines is 1. The lowest BCUT2D eigenvalue weighted by atomic mass is 10.1. The lowest BCUT2D eigenvalue weighted by Crippen LogP contribution is -2.36. The van der Waals surface area contributed by atoms with Crippen LogP contribution in [0.5, 0.6) is 0 Å². The van der Waals surface area contributed by atoms with Gasteiger partial charge >= 0.3 is 18.0 Å². The van der Waals surface area contributed by atoms with Crippen molar-refractivity contribution in [1.29, 1.82) is 0 Å². The summed E-state index contributed by atoms with van der Waals surface area (Å²) in [4.78, 5) is 23.5. The van der Waals surface area contributed by atoms with Gasteiger partial charge in [0.15, 0.2) is 0 Å². The molecular formula is C18H17F3N2O3. The van der Waals surface area contributed by atoms with E-state index >= 15 is 0 Å². The predicted molar refractivity (Wildman–Crippen MR) is 89.1 cm³/mol. The molecule has 3 N–H and O–H groups in total. The van der Waals surface area contributed by atoms with Gasteiger partial charge in [-0.05, 0) is 30.2 Å². The summed E-state index contributed by atoms with van der Waals surface area (Å²) in [6.07, 6.45) is -5.16. The Balaban J connectivity index is 1.84. The summed E-state index contributed by atoms with van der Waals surface area (Å²) < 4.78 is 37.9. The highest BCUT2D eigenvalue weighted by Gasteiger charge is 2.30. The van der Waals surface area contributed by atoms with Crippen LogP contribution in [0.1, 0.15) is 23.7 Å². The van der Waals surface area contributed by atoms with Crippen LogP contribution in [0.4, 0.5) is 18.9 Å². The van der Waals surface area contributed by atoms with Crippen LogP contribution in [-0.2, 0) is 15.8 Å². The smallest absolute Gasteiger partial charge is 0.388 e. The Morgan fingerprint density at radius 2 is 1.69 bits per heavy atom. The van der Waals surface area contributed by atoms with E-state index < -0.39 is 29.7 Å². The molecule has 0 aliphatic carbocycles. The fourth-order valence-corrected chi connectivity index (χ4v) is 2.21. The summed E-state index contributed by atoms with van der Waals surface area (Å²) in [5.41, 5.74) is -0.388. The van der Waals surface area contributed by atoms with E-state index in [9.17, 15) is 27.9 Å². The van der Waals surface area contributed by atoms with Crippen LogP contribution in [0.2, 0.25) is 0 Å². The molecule has 0 radical (unpaired) electrons. The van der Waals surface area contributed by atoms with Gasteiger partial charge in [-0.2, -0.15) is 13.2 Å². The maximum Gasteiger partial charge on any atom is 0.416 e. The van der Waals surface area contributed by atoms with Crippen LogP contribution < -0.4 is 10.6 Å². The summed E-state index contributed by atoms with van der Waals surface area (Å²) in [5, 5.41) is 14.4. The average molecular weight is 366 g/mol. The first-order valence-electron chi connectivity index (χ1n) is 7.77. The Morgan fingerprint density at radius 3 is 2.35 bits per heavy atom. The summed E-state index contributed by atoms with van der Waals surface area (Å²) in [5.74, 6) is -2.08. The Kier molecular flexibility index (Phi) is 6.35. The molecule has 2 rings (SSSR count). The van der Waals surface area contributed by atoms with Gasteiger partial charge in [0.1, 0.15) is 0 Å². The highest BCUT2D eigenvalue weighted by molar-refractivity contribution is 6.39. The highest BCUT2D eigenvalue weighted by Crippen LogP contribution is 2.30. The van der Waals surface area contributed by atoms with Crippen LogP contribution in [-0.4, -0.2) is 23.5 Å². The van der Waals surface area contributed by atoms with Crippen molar-refractivity contribution in [2.75, 3.05) is 11.9 Å². The lowest BCUT2D eigenvalue weighted by Gasteiger charge is -2.12. The van der Waals surface area contributed by atoms with E-state index in [-0.39, 0.29) is 18.7 Å². The molecule has 2 amide bonds. The van der Waals surface area contributed by atoms with Gasteiger partial charge in [0.2, 0.25) is 0 Å². The average Bonchev–Trinajstić information content (AvgIpc) is 2.61. The monoisotopic (exact) mass is 366 g/mol. The first-order chi connectivity index (χ1) is 12.3. The molecule has 0 saturated heterocycles. The SMILES string of the molecule is O=C(NCC[C@H](O)c1ccccc1)C(=O)Nc1cccc(C(F)(F)F)c1. The van der Waals surface area contributed by atoms with E-state index in [1.807, 2.05) is 0 Å². The number of benzene rings is 2. The van der Waals surface area contributed by atoms with Gasteiger partial charge < -0.3 is 15.7 Å². The van der Waals surface area contributed by atoms with Crippen molar-refractivity contribution in [3.05, 3.63) is 65.7 Å². The molecule has 26 heavy (non-hydrogen) atoms. The Hall–Kier alpha value is -2.87. The number of halogens is 3. The minimum Gasteiger partial charge on any atom is -0.388 e. The van der Waals surface area contributed by atoms with Crippen molar-refractivity contribution in [2.45, 2.75) is 18.7 Å². The summed E-state index contributed by atoms with van der Waals surface area (Å²) in [6.45, 7) is 0.0326. The van der Waals surface area contributed by atoms with Crippen LogP contribution in [0.25, 0.3) is 0 Å². The molecule has 0 aliphatic heterocycles. The number of carbonyl (C=O) groups is 2. The molecule has 5 nitrogen and oxygen atoms in total. The molecule has 0 spiro atoms. The summed E-state index contributed by atoms with van der Waals surface area (Å²) in [6, 6.07) is 12.8. The number of rotatable bonds is 5. The van der Waals surface area contributed by atoms with Crippen molar-refractivity contribution < 1.29 is 27.9 Å². The molecular weight excluding hydrogens is 349 g/mol. The van der Waals surface area contributed by atoms with E-state index in [0.717, 1.165) is 18.2 Å². The third-order valence-corrected chi connectivity index (χ3v) is 3.54. The van der Waals surface area contributed by atoms with Gasteiger partial charge in [0.05, 0.1) is 11.7 Å². The fourth-order valence-electron chi connectivity index (χ4n) is 2.21. The number of aliphatic hydroxyl groups excluding tert-OH is 1. The third-order valence-electron chi connectivity index (χ3n) is 3.54. The zero-order valence-corrected chi connectivity index (χ0v) is 13.6. The van der Waals surface area contributed by atoms with Crippen LogP contribution in [0, 0.1) is 0 Å². The van der Waals surface area contributed by atoms with Crippen molar-refractivity contribution in [1.82, 2.24) is 5.32 Å². The van der Waals surface area contributed by atoms with Gasteiger partial charge in [-0.3, -0.25) is 9.59 Å². The normalized spacial score (nSPS) is 12.3. The van der Waals surface area contributed by atoms with Crippen molar-refractivity contribution in [2.24, 2.45) is 0 Å². The number of alkyl halides is 3. The quantitative estimate of drug-likeness (QED) is 0.712. The minimum atomic E-state index is -4.55. The lowest BCUT2D eigenvalue weighted by molar-refractivity contribution is -0.137. The predicted octanol–water partition coefficient (Wildman–Crippen LogP) is 2.88. The molecule has 0 unspecified atom stereocenters. The van der Waals surface area contributed by atoms with E-state index in [0.29, 0.717) is 5.56 Å². The molecule has 2 aromatic carbocycles. The number of amides is 2. The maximum absolute atomic E-state index is 12.6. The summed E-state index contributed by atoms with van der Waals surface area (Å²) >= 11 is 0. The van der Waals surface area contributed by atoms with Gasteiger partial charge in [-0.25, -0.2) is 0 Å². The van der Waals surface area contributed by atoms with Crippen molar-refractivity contribution in [3.63, 3.8) is 0 Å². The van der Waals surface area contributed by atoms with Crippen LogP contribution in [0.3, 0.4) is 0 Å². The molecule has 1 atom stereocenters. The Bertz CT molecular complexity index is 764.